The first-order valence-electron chi connectivity index (χ1n) is 6.25. The SMILES string of the molecule is COC(C)C1=NNC(C(=O)N2CCC(C)C2)C1. The molecule has 2 aliphatic rings. The highest BCUT2D eigenvalue weighted by atomic mass is 16.5. The number of nitrogens with one attached hydrogen (secondary N) is 1. The van der Waals surface area contributed by atoms with Crippen molar-refractivity contribution in [1.29, 1.82) is 0 Å². The van der Waals surface area contributed by atoms with Gasteiger partial charge in [0.15, 0.2) is 0 Å². The quantitative estimate of drug-likeness (QED) is 0.785. The van der Waals surface area contributed by atoms with Gasteiger partial charge < -0.3 is 9.64 Å². The van der Waals surface area contributed by atoms with Crippen molar-refractivity contribution in [2.24, 2.45) is 11.0 Å². The Morgan fingerprint density at radius 2 is 2.41 bits per heavy atom. The molecule has 1 saturated heterocycles. The van der Waals surface area contributed by atoms with Gasteiger partial charge in [0, 0.05) is 26.6 Å². The summed E-state index contributed by atoms with van der Waals surface area (Å²) in [5.74, 6) is 0.801. The number of ether oxygens (including phenoxy) is 1. The molecular weight excluding hydrogens is 218 g/mol. The predicted octanol–water partition coefficient (Wildman–Crippen LogP) is 0.608. The van der Waals surface area contributed by atoms with Gasteiger partial charge in [-0.2, -0.15) is 5.10 Å². The minimum absolute atomic E-state index is 0.0159. The molecule has 0 aromatic rings. The van der Waals surface area contributed by atoms with Crippen molar-refractivity contribution >= 4 is 11.6 Å². The van der Waals surface area contributed by atoms with Crippen molar-refractivity contribution in [2.45, 2.75) is 38.8 Å². The van der Waals surface area contributed by atoms with Gasteiger partial charge in [-0.3, -0.25) is 10.2 Å². The summed E-state index contributed by atoms with van der Waals surface area (Å²) in [7, 11) is 1.66. The Balaban J connectivity index is 1.88. The molecule has 0 aromatic heterocycles. The smallest absolute Gasteiger partial charge is 0.247 e. The van der Waals surface area contributed by atoms with E-state index >= 15 is 0 Å². The molecule has 0 radical (unpaired) electrons. The number of hydrogen-bond donors (Lipinski definition) is 1. The number of rotatable bonds is 3. The van der Waals surface area contributed by atoms with E-state index in [1.807, 2.05) is 11.8 Å². The fourth-order valence-corrected chi connectivity index (χ4v) is 2.35. The Labute approximate surface area is 102 Å². The molecule has 1 fully saturated rings. The summed E-state index contributed by atoms with van der Waals surface area (Å²) in [6.45, 7) is 5.90. The van der Waals surface area contributed by atoms with E-state index in [1.54, 1.807) is 7.11 Å². The van der Waals surface area contributed by atoms with Crippen LogP contribution in [0.4, 0.5) is 0 Å². The van der Waals surface area contributed by atoms with Crippen LogP contribution in [0.15, 0.2) is 5.10 Å². The molecular formula is C12H21N3O2. The van der Waals surface area contributed by atoms with Crippen molar-refractivity contribution in [3.8, 4) is 0 Å². The summed E-state index contributed by atoms with van der Waals surface area (Å²) in [5.41, 5.74) is 3.86. The van der Waals surface area contributed by atoms with Crippen LogP contribution in [0, 0.1) is 5.92 Å². The van der Waals surface area contributed by atoms with E-state index in [0.717, 1.165) is 25.2 Å². The number of amides is 1. The number of methoxy groups -OCH3 is 1. The number of hydrogen-bond acceptors (Lipinski definition) is 4. The van der Waals surface area contributed by atoms with Crippen LogP contribution in [-0.2, 0) is 9.53 Å². The van der Waals surface area contributed by atoms with Gasteiger partial charge in [-0.1, -0.05) is 6.92 Å². The molecule has 0 saturated carbocycles. The number of nitrogens with zero attached hydrogens (tertiary/aromatic N) is 2. The maximum absolute atomic E-state index is 12.2. The van der Waals surface area contributed by atoms with E-state index < -0.39 is 0 Å². The molecule has 0 bridgehead atoms. The van der Waals surface area contributed by atoms with Crippen LogP contribution in [0.2, 0.25) is 0 Å². The van der Waals surface area contributed by atoms with Gasteiger partial charge in [-0.05, 0) is 19.3 Å². The highest BCUT2D eigenvalue weighted by Crippen LogP contribution is 2.18. The molecule has 5 nitrogen and oxygen atoms in total. The van der Waals surface area contributed by atoms with Crippen LogP contribution in [-0.4, -0.2) is 48.9 Å². The first kappa shape index (κ1) is 12.4. The summed E-state index contributed by atoms with van der Waals surface area (Å²) >= 11 is 0. The lowest BCUT2D eigenvalue weighted by molar-refractivity contribution is -0.132. The normalized spacial score (nSPS) is 30.1. The maximum atomic E-state index is 12.2. The van der Waals surface area contributed by atoms with Crippen LogP contribution >= 0.6 is 0 Å². The molecule has 3 atom stereocenters. The monoisotopic (exact) mass is 239 g/mol. The molecule has 2 heterocycles. The highest BCUT2D eigenvalue weighted by Gasteiger charge is 2.33. The molecule has 17 heavy (non-hydrogen) atoms. The lowest BCUT2D eigenvalue weighted by Gasteiger charge is -2.20. The number of hydrazone groups is 1. The predicted molar refractivity (Wildman–Crippen MR) is 65.8 cm³/mol. The van der Waals surface area contributed by atoms with Gasteiger partial charge in [-0.25, -0.2) is 0 Å². The lowest BCUT2D eigenvalue weighted by atomic mass is 10.1. The van der Waals surface area contributed by atoms with E-state index in [0.29, 0.717) is 12.3 Å². The first-order valence-corrected chi connectivity index (χ1v) is 6.25. The number of likely N-dealkylation sites (tertiary alicyclic amines) is 1. The van der Waals surface area contributed by atoms with Crippen molar-refractivity contribution in [3.63, 3.8) is 0 Å². The van der Waals surface area contributed by atoms with Gasteiger partial charge in [0.05, 0.1) is 11.8 Å². The standard InChI is InChI=1S/C12H21N3O2/c1-8-4-5-15(7-8)12(16)11-6-10(13-14-11)9(2)17-3/h8-9,11,14H,4-7H2,1-3H3. The van der Waals surface area contributed by atoms with E-state index in [1.165, 1.54) is 0 Å². The third-order valence-electron chi connectivity index (χ3n) is 3.63. The van der Waals surface area contributed by atoms with E-state index in [-0.39, 0.29) is 18.1 Å². The molecule has 0 spiro atoms. The van der Waals surface area contributed by atoms with Crippen LogP contribution in [0.5, 0.6) is 0 Å². The van der Waals surface area contributed by atoms with Crippen LogP contribution < -0.4 is 5.43 Å². The zero-order valence-corrected chi connectivity index (χ0v) is 10.8. The topological polar surface area (TPSA) is 53.9 Å². The van der Waals surface area contributed by atoms with Crippen LogP contribution in [0.1, 0.15) is 26.7 Å². The van der Waals surface area contributed by atoms with Gasteiger partial charge in [0.25, 0.3) is 0 Å². The summed E-state index contributed by atoms with van der Waals surface area (Å²) in [6.07, 6.45) is 1.76. The van der Waals surface area contributed by atoms with Crippen molar-refractivity contribution in [2.75, 3.05) is 20.2 Å². The molecule has 2 rings (SSSR count). The zero-order valence-electron chi connectivity index (χ0n) is 10.8. The van der Waals surface area contributed by atoms with Crippen molar-refractivity contribution in [1.82, 2.24) is 10.3 Å². The molecule has 1 amide bonds. The van der Waals surface area contributed by atoms with E-state index in [4.69, 9.17) is 4.74 Å². The molecule has 0 aliphatic carbocycles. The molecule has 0 aromatic carbocycles. The Kier molecular flexibility index (Phi) is 3.66. The third-order valence-corrected chi connectivity index (χ3v) is 3.63. The average Bonchev–Trinajstić information content (AvgIpc) is 2.95. The minimum atomic E-state index is -0.187. The largest absolute Gasteiger partial charge is 0.376 e. The average molecular weight is 239 g/mol. The summed E-state index contributed by atoms with van der Waals surface area (Å²) in [6, 6.07) is -0.187. The maximum Gasteiger partial charge on any atom is 0.247 e. The van der Waals surface area contributed by atoms with Crippen molar-refractivity contribution in [3.05, 3.63) is 0 Å². The fraction of sp³-hybridized carbons (Fsp3) is 0.833. The third kappa shape index (κ3) is 2.60. The molecule has 96 valence electrons. The zero-order chi connectivity index (χ0) is 12.4. The second kappa shape index (κ2) is 5.04. The number of carbonyl (C=O) groups excluding carboxylic acids is 1. The summed E-state index contributed by atoms with van der Waals surface area (Å²) < 4.78 is 5.21. The molecule has 1 N–H and O–H groups in total. The van der Waals surface area contributed by atoms with E-state index in [2.05, 4.69) is 17.5 Å². The van der Waals surface area contributed by atoms with E-state index in [9.17, 15) is 4.79 Å². The highest BCUT2D eigenvalue weighted by molar-refractivity contribution is 5.96. The first-order chi connectivity index (χ1) is 8.11. The lowest BCUT2D eigenvalue weighted by Crippen LogP contribution is -2.42. The Morgan fingerprint density at radius 1 is 1.65 bits per heavy atom. The Hall–Kier alpha value is -1.10. The van der Waals surface area contributed by atoms with Gasteiger partial charge in [0.1, 0.15) is 6.04 Å². The Bertz CT molecular complexity index is 330. The Morgan fingerprint density at radius 3 is 3.00 bits per heavy atom. The second-order valence-corrected chi connectivity index (χ2v) is 5.04. The fourth-order valence-electron chi connectivity index (χ4n) is 2.35. The van der Waals surface area contributed by atoms with Gasteiger partial charge >= 0.3 is 0 Å². The molecule has 2 aliphatic heterocycles. The van der Waals surface area contributed by atoms with Crippen LogP contribution in [0.3, 0.4) is 0 Å². The minimum Gasteiger partial charge on any atom is -0.376 e. The van der Waals surface area contributed by atoms with Crippen LogP contribution in [0.25, 0.3) is 0 Å². The second-order valence-electron chi connectivity index (χ2n) is 5.04. The summed E-state index contributed by atoms with van der Waals surface area (Å²) in [5, 5.41) is 4.19. The number of carbonyl (C=O) groups is 1. The van der Waals surface area contributed by atoms with Crippen molar-refractivity contribution < 1.29 is 9.53 Å². The van der Waals surface area contributed by atoms with Gasteiger partial charge in [-0.15, -0.1) is 0 Å². The summed E-state index contributed by atoms with van der Waals surface area (Å²) in [4.78, 5) is 14.1. The molecule has 5 heteroatoms. The molecule has 3 unspecified atom stereocenters. The van der Waals surface area contributed by atoms with Gasteiger partial charge in [0.2, 0.25) is 5.91 Å².